The Hall–Kier alpha value is -16.4. The molecule has 0 fully saturated rings. The molecule has 0 aromatic heterocycles. The molecule has 0 saturated heterocycles. The highest BCUT2D eigenvalue weighted by molar-refractivity contribution is 6.05. The molecule has 0 spiro atoms. The van der Waals surface area contributed by atoms with Crippen LogP contribution in [0.4, 0.5) is 0 Å². The first-order chi connectivity index (χ1) is 67.0. The maximum absolute atomic E-state index is 11.6. The van der Waals surface area contributed by atoms with Crippen molar-refractivity contribution in [3.8, 4) is 0 Å². The van der Waals surface area contributed by atoms with E-state index >= 15 is 0 Å². The van der Waals surface area contributed by atoms with Crippen molar-refractivity contribution in [3.05, 3.63) is 60.8 Å². The largest absolute Gasteiger partial charge is 0.481 e. The summed E-state index contributed by atoms with van der Waals surface area (Å²) in [6.07, 6.45) is 15.8. The lowest BCUT2D eigenvalue weighted by atomic mass is 9.66. The Balaban J connectivity index is -0.0000000513. The summed E-state index contributed by atoms with van der Waals surface area (Å²) in [4.78, 5) is 317. The fourth-order valence-electron chi connectivity index (χ4n) is 5.02. The summed E-state index contributed by atoms with van der Waals surface area (Å²) in [5.41, 5.74) is -2.09. The first-order valence-corrected chi connectivity index (χ1v) is 40.8. The van der Waals surface area contributed by atoms with E-state index in [0.29, 0.717) is 93.6 Å². The van der Waals surface area contributed by atoms with Crippen LogP contribution in [0.2, 0.25) is 0 Å². The number of carbonyl (C=O) groups is 28. The van der Waals surface area contributed by atoms with Gasteiger partial charge in [0.1, 0.15) is 0 Å². The van der Waals surface area contributed by atoms with Gasteiger partial charge in [0.15, 0.2) is 0 Å². The zero-order valence-corrected chi connectivity index (χ0v) is 83.5. The molecule has 1 aliphatic rings. The molecule has 0 aromatic carbocycles. The normalized spacial score (nSPS) is 9.61. The topological polar surface area (TPSA) is 1230 Å². The highest BCUT2D eigenvalue weighted by Gasteiger charge is 2.54. The number of carbonyl (C=O) groups excluding carboxylic acids is 12. The van der Waals surface area contributed by atoms with E-state index in [0.717, 1.165) is 64.0 Å². The van der Waals surface area contributed by atoms with Crippen molar-refractivity contribution < 1.29 is 280 Å². The van der Waals surface area contributed by atoms with Gasteiger partial charge in [0.05, 0.1) is 23.7 Å². The first kappa shape index (κ1) is 196. The molecular weight excluding hydrogens is 2050 g/mol. The number of aliphatic carboxylic acids is 16. The van der Waals surface area contributed by atoms with Crippen LogP contribution >= 0.6 is 0 Å². The van der Waals surface area contributed by atoms with E-state index in [1.807, 2.05) is 48.5 Å². The predicted octanol–water partition coefficient (Wildman–Crippen LogP) is 1.88. The van der Waals surface area contributed by atoms with E-state index in [4.69, 9.17) is 77.4 Å². The second kappa shape index (κ2) is 150. The molecule has 0 amide bonds. The van der Waals surface area contributed by atoms with Gasteiger partial charge in [-0.05, 0) is 51.4 Å². The average molecular weight is 2210 g/mol. The van der Waals surface area contributed by atoms with Crippen molar-refractivity contribution in [1.29, 1.82) is 0 Å². The molecule has 882 valence electrons. The molecule has 1 aliphatic heterocycles. The third kappa shape index (κ3) is 226. The van der Waals surface area contributed by atoms with Crippen LogP contribution in [0.25, 0.3) is 0 Å². The summed E-state index contributed by atoms with van der Waals surface area (Å²) >= 11 is 0. The molecule has 40 N–H and O–H groups in total. The van der Waals surface area contributed by atoms with Crippen LogP contribution in [0.15, 0.2) is 60.8 Å². The van der Waals surface area contributed by atoms with Gasteiger partial charge in [-0.25, -0.2) is 47.9 Å². The highest BCUT2D eigenvalue weighted by Crippen LogP contribution is 2.41. The second-order valence-electron chi connectivity index (χ2n) is 23.6. The summed E-state index contributed by atoms with van der Waals surface area (Å²) in [6, 6.07) is 0. The van der Waals surface area contributed by atoms with Crippen molar-refractivity contribution >= 4 is 167 Å². The minimum atomic E-state index is -2.09. The van der Waals surface area contributed by atoms with Crippen molar-refractivity contribution in [2.24, 2.45) is 76.2 Å². The molecule has 0 aliphatic carbocycles. The number of carboxylic acid groups (broad SMARTS) is 16. The summed E-state index contributed by atoms with van der Waals surface area (Å²) in [5.74, 6) is 18.2. The Morgan fingerprint density at radius 2 is 0.440 bits per heavy atom. The third-order valence-corrected chi connectivity index (χ3v) is 11.8. The number of hydrogen-bond acceptors (Lipinski definition) is 49. The van der Waals surface area contributed by atoms with Gasteiger partial charge in [-0.3, -0.25) is 86.3 Å². The smallest absolute Gasteiger partial charge is 0.349 e. The SMILES string of the molecule is C.C.C.CCC(=O)O.CCC(=O)O.CCC(=O)O.CCC(=O)O.CCC(=O)O.CCC(=O)O.CCC(=O)O.CCC(CC(=O)ON)(C(=O)O)C(C(=O)O)C(C)C(=O)ON.CCCC(=O)O.CCCC(=O)ON.CCCC(=O)ON.CCCC(=O)ON.CCCC(=O)ON.CCCC(=O)ON.CCCC(=O)ON.NOC(=O)/C=C\C(=O)O.NOC(=O)/C=C\C(=O)O.O.O.O=C(O)/C=C\C(=O)O.O=C(O)/C=C\C(=O)O.O=C1C=CC(=O)O1. The summed E-state index contributed by atoms with van der Waals surface area (Å²) in [5, 5.41) is 128. The molecule has 3 atom stereocenters. The third-order valence-electron chi connectivity index (χ3n) is 11.8. The van der Waals surface area contributed by atoms with E-state index < -0.39 is 155 Å². The summed E-state index contributed by atoms with van der Waals surface area (Å²) < 4.78 is 3.97. The number of nitrogens with two attached hydrogens (primary N) is 10. The molecule has 0 aromatic rings. The molecule has 1 heterocycles. The Bertz CT molecular complexity index is 3440. The number of cyclic esters (lactones) is 2. The fraction of sp³-hybridized carbons (Fsp3) is 0.542. The van der Waals surface area contributed by atoms with Crippen LogP contribution in [0.3, 0.4) is 0 Å². The highest BCUT2D eigenvalue weighted by atomic mass is 16.7. The molecule has 0 radical (unpaired) electrons. The van der Waals surface area contributed by atoms with Gasteiger partial charge in [-0.15, -0.1) is 0 Å². The lowest BCUT2D eigenvalue weighted by Gasteiger charge is -2.35. The Morgan fingerprint density at radius 3 is 0.520 bits per heavy atom. The minimum absolute atomic E-state index is 0. The maximum atomic E-state index is 11.6. The molecule has 67 heteroatoms. The van der Waals surface area contributed by atoms with Crippen LogP contribution in [-0.2, 0) is 187 Å². The van der Waals surface area contributed by atoms with Gasteiger partial charge in [-0.2, -0.15) is 59.0 Å². The van der Waals surface area contributed by atoms with E-state index in [-0.39, 0.29) is 120 Å². The number of rotatable bonds is 37. The standard InChI is InChI=1S/C11H18N2O8.2C4H5NO4.6C4H9NO2.2C4H4O4.C4H2O3.C4H8O2.7C3H6O2.3CH4.2H2O/c1-3-11(10(18)19,4-6(14)20-12)7(8(15)16)5(2)9(17)21-13;2*5-9-4(8)2-1-3(6)7;6*1-2-3-4(6)7-5;2*5-3(6)1-2-4(7)8;5-3-1-2-4(6)7-3;1-2-3-4(5)6;7*1-2-3(4)5;;;;;/h5,7H,3-4,12-13H2,1-2H3,(H,15,16)(H,18,19);2*1-2H,5H2,(H,6,7);6*2-3,5H2,1H3;2*1-2H,(H,5,6)(H,7,8);1-2H;2-3H2,1H3,(H,5,6);7*2H2,1H3,(H,4,5);3*1H4;2*1H2/b;2*2-1-;;;;;;;2*2-1-;;;;;;;;;;;;;;. The number of esters is 2. The molecule has 1 rings (SSSR count). The van der Waals surface area contributed by atoms with Crippen LogP contribution in [0.1, 0.15) is 281 Å². The Morgan fingerprint density at radius 1 is 0.273 bits per heavy atom. The number of ether oxygens (including phenoxy) is 1. The van der Waals surface area contributed by atoms with Crippen LogP contribution in [-0.4, -0.2) is 260 Å². The Labute approximate surface area is 862 Å². The zero-order chi connectivity index (χ0) is 119. The van der Waals surface area contributed by atoms with Gasteiger partial charge in [0, 0.05) is 151 Å². The van der Waals surface area contributed by atoms with Crippen LogP contribution < -0.4 is 59.0 Å². The zero-order valence-electron chi connectivity index (χ0n) is 83.5. The van der Waals surface area contributed by atoms with Gasteiger partial charge in [-0.1, -0.05) is 133 Å². The van der Waals surface area contributed by atoms with Gasteiger partial charge in [0.25, 0.3) is 0 Å². The van der Waals surface area contributed by atoms with E-state index in [1.165, 1.54) is 6.92 Å². The molecule has 0 saturated carbocycles. The van der Waals surface area contributed by atoms with Gasteiger partial charge < -0.3 is 146 Å². The molecule has 0 bridgehead atoms. The lowest BCUT2D eigenvalue weighted by Crippen LogP contribution is -2.49. The minimum Gasteiger partial charge on any atom is -0.481 e. The quantitative estimate of drug-likeness (QED) is 0.0183. The van der Waals surface area contributed by atoms with Gasteiger partial charge in [0.2, 0.25) is 0 Å². The summed E-state index contributed by atoms with van der Waals surface area (Å²) in [6.45, 7) is 26.9. The average Bonchev–Trinajstić information content (AvgIpc) is 0.857. The van der Waals surface area contributed by atoms with Crippen molar-refractivity contribution in [2.45, 2.75) is 281 Å². The first-order valence-electron chi connectivity index (χ1n) is 40.8. The predicted molar refractivity (Wildman–Crippen MR) is 516 cm³/mol. The number of hydrogen-bond donors (Lipinski definition) is 26. The second-order valence-corrected chi connectivity index (χ2v) is 23.6. The van der Waals surface area contributed by atoms with Crippen molar-refractivity contribution in [1.82, 2.24) is 0 Å². The molecule has 3 unspecified atom stereocenters. The van der Waals surface area contributed by atoms with E-state index in [9.17, 15) is 144 Å². The van der Waals surface area contributed by atoms with Crippen molar-refractivity contribution in [2.75, 3.05) is 0 Å². The van der Waals surface area contributed by atoms with Gasteiger partial charge >= 0.3 is 167 Å². The molecule has 67 nitrogen and oxygen atoms in total. The monoisotopic (exact) mass is 2210 g/mol. The van der Waals surface area contributed by atoms with E-state index in [1.54, 1.807) is 48.5 Å². The lowest BCUT2D eigenvalue weighted by molar-refractivity contribution is -0.176. The van der Waals surface area contributed by atoms with Crippen LogP contribution in [0.5, 0.6) is 0 Å². The molecular formula is C83H158N10O57. The fourth-order valence-corrected chi connectivity index (χ4v) is 5.02. The van der Waals surface area contributed by atoms with Crippen molar-refractivity contribution in [3.63, 3.8) is 0 Å². The van der Waals surface area contributed by atoms with Crippen LogP contribution in [0, 0.1) is 17.3 Å². The molecule has 150 heavy (non-hydrogen) atoms. The maximum Gasteiger partial charge on any atom is 0.349 e. The van der Waals surface area contributed by atoms with E-state index in [2.05, 4.69) is 106 Å². The Kier molecular flexibility index (Phi) is 196. The summed E-state index contributed by atoms with van der Waals surface area (Å²) in [7, 11) is 0. The number of carboxylic acids is 16.